The second-order valence-electron chi connectivity index (χ2n) is 5.01. The summed E-state index contributed by atoms with van der Waals surface area (Å²) in [6.45, 7) is 5.33. The van der Waals surface area contributed by atoms with Gasteiger partial charge in [-0.2, -0.15) is 13.2 Å². The largest absolute Gasteiger partial charge is 0.417 e. The fraction of sp³-hybridized carbons (Fsp3) is 0.571. The Morgan fingerprint density at radius 1 is 1.26 bits per heavy atom. The Kier molecular flexibility index (Phi) is 9.93. The van der Waals surface area contributed by atoms with Crippen molar-refractivity contribution >= 4 is 35.8 Å². The fourth-order valence-electron chi connectivity index (χ4n) is 1.65. The molecule has 0 saturated heterocycles. The summed E-state index contributed by atoms with van der Waals surface area (Å²) in [6, 6.07) is 2.64. The smallest absolute Gasteiger partial charge is 0.370 e. The van der Waals surface area contributed by atoms with Gasteiger partial charge in [-0.05, 0) is 32.4 Å². The van der Waals surface area contributed by atoms with Crippen LogP contribution < -0.4 is 16.0 Å². The van der Waals surface area contributed by atoms with Crippen molar-refractivity contribution in [3.8, 4) is 0 Å². The lowest BCUT2D eigenvalue weighted by Gasteiger charge is -2.14. The van der Waals surface area contributed by atoms with Crippen LogP contribution in [0.15, 0.2) is 23.3 Å². The molecule has 0 fully saturated rings. The molecule has 0 aliphatic carbocycles. The van der Waals surface area contributed by atoms with Crippen molar-refractivity contribution in [3.63, 3.8) is 0 Å². The number of rotatable bonds is 6. The Labute approximate surface area is 151 Å². The first-order valence-corrected chi connectivity index (χ1v) is 7.07. The van der Waals surface area contributed by atoms with Crippen molar-refractivity contribution in [1.29, 1.82) is 0 Å². The van der Waals surface area contributed by atoms with Crippen molar-refractivity contribution in [2.75, 3.05) is 25.5 Å². The lowest BCUT2D eigenvalue weighted by atomic mass is 10.3. The zero-order valence-electron chi connectivity index (χ0n) is 13.4. The molecule has 0 bridgehead atoms. The van der Waals surface area contributed by atoms with Crippen LogP contribution in [-0.2, 0) is 6.18 Å². The van der Waals surface area contributed by atoms with Gasteiger partial charge < -0.3 is 16.0 Å². The lowest BCUT2D eigenvalue weighted by Crippen LogP contribution is -2.41. The van der Waals surface area contributed by atoms with Crippen LogP contribution in [-0.4, -0.2) is 37.1 Å². The lowest BCUT2D eigenvalue weighted by molar-refractivity contribution is -0.137. The van der Waals surface area contributed by atoms with Crippen molar-refractivity contribution in [2.24, 2.45) is 4.99 Å². The first-order valence-electron chi connectivity index (χ1n) is 7.07. The zero-order valence-corrected chi connectivity index (χ0v) is 15.7. The number of hydrogen-bond acceptors (Lipinski definition) is 3. The van der Waals surface area contributed by atoms with Gasteiger partial charge in [0.25, 0.3) is 0 Å². The molecule has 1 rings (SSSR count). The summed E-state index contributed by atoms with van der Waals surface area (Å²) < 4.78 is 37.2. The third-order valence-electron chi connectivity index (χ3n) is 2.69. The molecular formula is C14H23F3IN5. The van der Waals surface area contributed by atoms with E-state index in [0.717, 1.165) is 24.6 Å². The third kappa shape index (κ3) is 8.82. The van der Waals surface area contributed by atoms with E-state index in [1.54, 1.807) is 7.05 Å². The summed E-state index contributed by atoms with van der Waals surface area (Å²) in [6.07, 6.45) is -2.74. The Morgan fingerprint density at radius 2 is 1.96 bits per heavy atom. The molecule has 5 nitrogen and oxygen atoms in total. The number of guanidine groups is 1. The van der Waals surface area contributed by atoms with Crippen LogP contribution in [0, 0.1) is 0 Å². The minimum Gasteiger partial charge on any atom is -0.370 e. The van der Waals surface area contributed by atoms with Gasteiger partial charge >= 0.3 is 6.18 Å². The Morgan fingerprint density at radius 3 is 2.43 bits per heavy atom. The minimum atomic E-state index is -4.35. The second kappa shape index (κ2) is 10.5. The van der Waals surface area contributed by atoms with Gasteiger partial charge in [-0.25, -0.2) is 4.98 Å². The molecule has 132 valence electrons. The standard InChI is InChI=1S/C14H22F3N5.HI/c1-10(2)22-13(18-3)20-8-4-7-19-12-6-5-11(9-21-12)14(15,16)17;/h5-6,9-10H,4,7-8H2,1-3H3,(H,19,21)(H2,18,20,22);1H. The number of nitrogens with zero attached hydrogens (tertiary/aromatic N) is 2. The molecule has 9 heteroatoms. The van der Waals surface area contributed by atoms with E-state index >= 15 is 0 Å². The summed E-state index contributed by atoms with van der Waals surface area (Å²) in [4.78, 5) is 7.82. The number of aromatic nitrogens is 1. The van der Waals surface area contributed by atoms with Gasteiger partial charge in [-0.3, -0.25) is 4.99 Å². The molecule has 0 atom stereocenters. The molecule has 0 spiro atoms. The molecule has 0 unspecified atom stereocenters. The molecule has 3 N–H and O–H groups in total. The van der Waals surface area contributed by atoms with E-state index in [4.69, 9.17) is 0 Å². The van der Waals surface area contributed by atoms with Gasteiger partial charge in [0.15, 0.2) is 5.96 Å². The summed E-state index contributed by atoms with van der Waals surface area (Å²) in [5, 5.41) is 9.28. The van der Waals surface area contributed by atoms with Crippen LogP contribution in [0.4, 0.5) is 19.0 Å². The highest BCUT2D eigenvalue weighted by Crippen LogP contribution is 2.28. The van der Waals surface area contributed by atoms with Crippen LogP contribution in [0.25, 0.3) is 0 Å². The quantitative estimate of drug-likeness (QED) is 0.273. The van der Waals surface area contributed by atoms with Crippen LogP contribution in [0.3, 0.4) is 0 Å². The van der Waals surface area contributed by atoms with Crippen molar-refractivity contribution in [1.82, 2.24) is 15.6 Å². The molecule has 1 heterocycles. The molecule has 0 aromatic carbocycles. The highest BCUT2D eigenvalue weighted by atomic mass is 127. The average Bonchev–Trinajstić information content (AvgIpc) is 2.44. The number of halogens is 4. The van der Waals surface area contributed by atoms with Crippen LogP contribution in [0.1, 0.15) is 25.8 Å². The van der Waals surface area contributed by atoms with Gasteiger partial charge in [0.1, 0.15) is 5.82 Å². The summed E-state index contributed by atoms with van der Waals surface area (Å²) in [5.41, 5.74) is -0.747. The van der Waals surface area contributed by atoms with Gasteiger partial charge in [0, 0.05) is 32.4 Å². The van der Waals surface area contributed by atoms with E-state index < -0.39 is 11.7 Å². The number of pyridine rings is 1. The number of anilines is 1. The normalized spacial score (nSPS) is 11.9. The zero-order chi connectivity index (χ0) is 16.6. The highest BCUT2D eigenvalue weighted by molar-refractivity contribution is 14.0. The van der Waals surface area contributed by atoms with Gasteiger partial charge in [-0.15, -0.1) is 24.0 Å². The van der Waals surface area contributed by atoms with E-state index in [2.05, 4.69) is 25.9 Å². The molecule has 0 aliphatic heterocycles. The summed E-state index contributed by atoms with van der Waals surface area (Å²) >= 11 is 0. The van der Waals surface area contributed by atoms with E-state index in [-0.39, 0.29) is 24.0 Å². The summed E-state index contributed by atoms with van der Waals surface area (Å²) in [5.74, 6) is 1.15. The Balaban J connectivity index is 0.00000484. The maximum Gasteiger partial charge on any atom is 0.417 e. The van der Waals surface area contributed by atoms with Crippen LogP contribution in [0.5, 0.6) is 0 Å². The van der Waals surface area contributed by atoms with Crippen molar-refractivity contribution < 1.29 is 13.2 Å². The molecule has 0 aliphatic rings. The topological polar surface area (TPSA) is 61.3 Å². The fourth-order valence-corrected chi connectivity index (χ4v) is 1.65. The SMILES string of the molecule is CN=C(NCCCNc1ccc(C(F)(F)F)cn1)NC(C)C.I. The first-order chi connectivity index (χ1) is 10.3. The Bertz CT molecular complexity index is 474. The van der Waals surface area contributed by atoms with Crippen molar-refractivity contribution in [3.05, 3.63) is 23.9 Å². The Hall–Kier alpha value is -1.26. The number of aliphatic imine (C=N–C) groups is 1. The molecule has 1 aromatic heterocycles. The summed E-state index contributed by atoms with van der Waals surface area (Å²) in [7, 11) is 1.70. The molecular weight excluding hydrogens is 422 g/mol. The average molecular weight is 445 g/mol. The minimum absolute atomic E-state index is 0. The highest BCUT2D eigenvalue weighted by Gasteiger charge is 2.30. The van der Waals surface area contributed by atoms with Gasteiger partial charge in [0.2, 0.25) is 0 Å². The van der Waals surface area contributed by atoms with Crippen LogP contribution in [0.2, 0.25) is 0 Å². The molecule has 1 aromatic rings. The van der Waals surface area contributed by atoms with Crippen molar-refractivity contribution in [2.45, 2.75) is 32.5 Å². The van der Waals surface area contributed by atoms with Gasteiger partial charge in [0.05, 0.1) is 5.56 Å². The number of hydrogen-bond donors (Lipinski definition) is 3. The first kappa shape index (κ1) is 21.7. The maximum atomic E-state index is 12.4. The number of alkyl halides is 3. The molecule has 0 radical (unpaired) electrons. The molecule has 23 heavy (non-hydrogen) atoms. The van der Waals surface area contributed by atoms with E-state index in [1.165, 1.54) is 6.07 Å². The van der Waals surface area contributed by atoms with E-state index in [1.807, 2.05) is 13.8 Å². The maximum absolute atomic E-state index is 12.4. The molecule has 0 saturated carbocycles. The number of nitrogens with one attached hydrogen (secondary N) is 3. The predicted molar refractivity (Wildman–Crippen MR) is 97.4 cm³/mol. The molecule has 0 amide bonds. The van der Waals surface area contributed by atoms with E-state index in [9.17, 15) is 13.2 Å². The van der Waals surface area contributed by atoms with Crippen LogP contribution >= 0.6 is 24.0 Å². The van der Waals surface area contributed by atoms with E-state index in [0.29, 0.717) is 24.9 Å². The monoisotopic (exact) mass is 445 g/mol. The third-order valence-corrected chi connectivity index (χ3v) is 2.69. The van der Waals surface area contributed by atoms with Gasteiger partial charge in [-0.1, -0.05) is 0 Å². The second-order valence-corrected chi connectivity index (χ2v) is 5.01. The predicted octanol–water partition coefficient (Wildman–Crippen LogP) is 3.09.